The number of nitrogens with one attached hydrogen (secondary N) is 1. The number of para-hydroxylation sites is 1. The van der Waals surface area contributed by atoms with Gasteiger partial charge in [0.25, 0.3) is 5.91 Å². The Morgan fingerprint density at radius 3 is 2.44 bits per heavy atom. The minimum Gasteiger partial charge on any atom is -0.480 e. The highest BCUT2D eigenvalue weighted by Crippen LogP contribution is 2.23. The van der Waals surface area contributed by atoms with Crippen molar-refractivity contribution in [2.24, 2.45) is 0 Å². The summed E-state index contributed by atoms with van der Waals surface area (Å²) in [7, 11) is 0. The molecule has 0 bridgehead atoms. The summed E-state index contributed by atoms with van der Waals surface area (Å²) >= 11 is 0. The maximum atomic E-state index is 12.6. The van der Waals surface area contributed by atoms with Gasteiger partial charge in [0.05, 0.1) is 0 Å². The van der Waals surface area contributed by atoms with E-state index in [1.807, 2.05) is 50.2 Å². The Labute approximate surface area is 149 Å². The Bertz CT molecular complexity index is 706. The Morgan fingerprint density at radius 2 is 1.80 bits per heavy atom. The average molecular weight is 338 g/mol. The molecule has 1 saturated heterocycles. The molecule has 1 heterocycles. The van der Waals surface area contributed by atoms with Crippen LogP contribution in [0, 0.1) is 6.92 Å². The number of rotatable bonds is 6. The highest BCUT2D eigenvalue weighted by Gasteiger charge is 2.19. The topological polar surface area (TPSA) is 41.6 Å². The van der Waals surface area contributed by atoms with Gasteiger partial charge in [-0.1, -0.05) is 25.1 Å². The van der Waals surface area contributed by atoms with E-state index in [1.165, 1.54) is 18.5 Å². The van der Waals surface area contributed by atoms with Gasteiger partial charge < -0.3 is 15.0 Å². The van der Waals surface area contributed by atoms with E-state index in [4.69, 9.17) is 4.74 Å². The van der Waals surface area contributed by atoms with Crippen LogP contribution in [0.2, 0.25) is 0 Å². The van der Waals surface area contributed by atoms with Crippen LogP contribution in [0.5, 0.6) is 5.75 Å². The zero-order chi connectivity index (χ0) is 17.6. The molecule has 0 radical (unpaired) electrons. The van der Waals surface area contributed by atoms with E-state index < -0.39 is 6.10 Å². The lowest BCUT2D eigenvalue weighted by atomic mass is 10.2. The van der Waals surface area contributed by atoms with Crippen LogP contribution in [0.3, 0.4) is 0 Å². The van der Waals surface area contributed by atoms with Crippen LogP contribution in [-0.4, -0.2) is 25.1 Å². The Balaban J connectivity index is 1.62. The van der Waals surface area contributed by atoms with Gasteiger partial charge in [-0.3, -0.25) is 4.79 Å². The number of anilines is 2. The summed E-state index contributed by atoms with van der Waals surface area (Å²) in [6, 6.07) is 15.8. The number of nitrogens with zero attached hydrogens (tertiary/aromatic N) is 1. The molecule has 25 heavy (non-hydrogen) atoms. The van der Waals surface area contributed by atoms with Crippen LogP contribution in [0.15, 0.2) is 48.5 Å². The van der Waals surface area contributed by atoms with Gasteiger partial charge in [0.2, 0.25) is 0 Å². The lowest BCUT2D eigenvalue weighted by Gasteiger charge is -2.20. The van der Waals surface area contributed by atoms with E-state index in [0.717, 1.165) is 30.1 Å². The second kappa shape index (κ2) is 8.06. The predicted molar refractivity (Wildman–Crippen MR) is 102 cm³/mol. The SMILES string of the molecule is CCC(Oc1ccccc1C)C(=O)Nc1ccc(N2CCCC2)cc1. The maximum Gasteiger partial charge on any atom is 0.265 e. The molecule has 1 aliphatic heterocycles. The summed E-state index contributed by atoms with van der Waals surface area (Å²) in [5.74, 6) is 0.647. The zero-order valence-electron chi connectivity index (χ0n) is 15.0. The molecule has 0 saturated carbocycles. The quantitative estimate of drug-likeness (QED) is 0.849. The van der Waals surface area contributed by atoms with Crippen molar-refractivity contribution in [1.29, 1.82) is 0 Å². The van der Waals surface area contributed by atoms with E-state index in [-0.39, 0.29) is 5.91 Å². The first-order valence-electron chi connectivity index (χ1n) is 9.05. The highest BCUT2D eigenvalue weighted by atomic mass is 16.5. The monoisotopic (exact) mass is 338 g/mol. The van der Waals surface area contributed by atoms with Crippen molar-refractivity contribution in [2.45, 2.75) is 39.2 Å². The summed E-state index contributed by atoms with van der Waals surface area (Å²) in [6.45, 7) is 6.18. The third-order valence-electron chi connectivity index (χ3n) is 4.63. The summed E-state index contributed by atoms with van der Waals surface area (Å²) in [5, 5.41) is 2.97. The third-order valence-corrected chi connectivity index (χ3v) is 4.63. The minimum atomic E-state index is -0.501. The molecule has 0 spiro atoms. The Morgan fingerprint density at radius 1 is 1.12 bits per heavy atom. The summed E-state index contributed by atoms with van der Waals surface area (Å²) < 4.78 is 5.91. The normalized spacial score (nSPS) is 15.0. The molecule has 4 heteroatoms. The van der Waals surface area contributed by atoms with Crippen molar-refractivity contribution in [3.05, 3.63) is 54.1 Å². The van der Waals surface area contributed by atoms with Crippen LogP contribution in [0.1, 0.15) is 31.7 Å². The van der Waals surface area contributed by atoms with Crippen LogP contribution >= 0.6 is 0 Å². The van der Waals surface area contributed by atoms with Crippen molar-refractivity contribution in [3.8, 4) is 5.75 Å². The Hall–Kier alpha value is -2.49. The fourth-order valence-corrected chi connectivity index (χ4v) is 3.12. The molecule has 1 unspecified atom stereocenters. The van der Waals surface area contributed by atoms with E-state index in [0.29, 0.717) is 6.42 Å². The second-order valence-corrected chi connectivity index (χ2v) is 6.51. The summed E-state index contributed by atoms with van der Waals surface area (Å²) in [4.78, 5) is 14.9. The van der Waals surface area contributed by atoms with E-state index in [9.17, 15) is 4.79 Å². The van der Waals surface area contributed by atoms with Crippen LogP contribution < -0.4 is 15.0 Å². The van der Waals surface area contributed by atoms with Gasteiger partial charge in [0.15, 0.2) is 6.10 Å². The largest absolute Gasteiger partial charge is 0.480 e. The number of aryl methyl sites for hydroxylation is 1. The third kappa shape index (κ3) is 4.32. The molecule has 132 valence electrons. The van der Waals surface area contributed by atoms with Gasteiger partial charge in [-0.05, 0) is 62.1 Å². The van der Waals surface area contributed by atoms with E-state index in [1.54, 1.807) is 0 Å². The Kier molecular flexibility index (Phi) is 5.59. The molecule has 1 amide bonds. The molecule has 2 aromatic carbocycles. The van der Waals surface area contributed by atoms with Crippen LogP contribution in [-0.2, 0) is 4.79 Å². The number of ether oxygens (including phenoxy) is 1. The van der Waals surface area contributed by atoms with Gasteiger partial charge >= 0.3 is 0 Å². The van der Waals surface area contributed by atoms with Crippen LogP contribution in [0.4, 0.5) is 11.4 Å². The van der Waals surface area contributed by atoms with Gasteiger partial charge in [-0.25, -0.2) is 0 Å². The number of hydrogen-bond acceptors (Lipinski definition) is 3. The maximum absolute atomic E-state index is 12.6. The predicted octanol–water partition coefficient (Wildman–Crippen LogP) is 4.39. The van der Waals surface area contributed by atoms with Crippen molar-refractivity contribution in [1.82, 2.24) is 0 Å². The van der Waals surface area contributed by atoms with Crippen molar-refractivity contribution in [2.75, 3.05) is 23.3 Å². The molecule has 1 atom stereocenters. The molecule has 1 N–H and O–H groups in total. The molecule has 2 aromatic rings. The fourth-order valence-electron chi connectivity index (χ4n) is 3.12. The molecule has 0 aromatic heterocycles. The number of carbonyl (C=O) groups is 1. The number of benzene rings is 2. The van der Waals surface area contributed by atoms with Crippen molar-refractivity contribution >= 4 is 17.3 Å². The van der Waals surface area contributed by atoms with Crippen LogP contribution in [0.25, 0.3) is 0 Å². The molecule has 0 aliphatic carbocycles. The van der Waals surface area contributed by atoms with E-state index in [2.05, 4.69) is 22.3 Å². The van der Waals surface area contributed by atoms with Crippen molar-refractivity contribution in [3.63, 3.8) is 0 Å². The van der Waals surface area contributed by atoms with Gasteiger partial charge in [-0.15, -0.1) is 0 Å². The lowest BCUT2D eigenvalue weighted by Crippen LogP contribution is -2.32. The van der Waals surface area contributed by atoms with Crippen molar-refractivity contribution < 1.29 is 9.53 Å². The molecule has 1 aliphatic rings. The fraction of sp³-hybridized carbons (Fsp3) is 0.381. The smallest absolute Gasteiger partial charge is 0.265 e. The van der Waals surface area contributed by atoms with E-state index >= 15 is 0 Å². The van der Waals surface area contributed by atoms with Gasteiger partial charge in [-0.2, -0.15) is 0 Å². The summed E-state index contributed by atoms with van der Waals surface area (Å²) in [5.41, 5.74) is 3.06. The molecule has 1 fully saturated rings. The van der Waals surface area contributed by atoms with Gasteiger partial charge in [0.1, 0.15) is 5.75 Å². The second-order valence-electron chi connectivity index (χ2n) is 6.51. The first-order chi connectivity index (χ1) is 12.2. The molecular formula is C21H26N2O2. The zero-order valence-corrected chi connectivity index (χ0v) is 15.0. The number of carbonyl (C=O) groups excluding carboxylic acids is 1. The lowest BCUT2D eigenvalue weighted by molar-refractivity contribution is -0.122. The standard InChI is InChI=1S/C21H26N2O2/c1-3-19(25-20-9-5-4-8-16(20)2)21(24)22-17-10-12-18(13-11-17)23-14-6-7-15-23/h4-5,8-13,19H,3,6-7,14-15H2,1-2H3,(H,22,24). The minimum absolute atomic E-state index is 0.111. The average Bonchev–Trinajstić information content (AvgIpc) is 3.16. The first-order valence-corrected chi connectivity index (χ1v) is 9.05. The molecular weight excluding hydrogens is 312 g/mol. The van der Waals surface area contributed by atoms with Gasteiger partial charge in [0, 0.05) is 24.5 Å². The number of hydrogen-bond donors (Lipinski definition) is 1. The number of amides is 1. The highest BCUT2D eigenvalue weighted by molar-refractivity contribution is 5.94. The molecule has 4 nitrogen and oxygen atoms in total. The first kappa shape index (κ1) is 17.3. The molecule has 3 rings (SSSR count). The summed E-state index contributed by atoms with van der Waals surface area (Å²) in [6.07, 6.45) is 2.63.